The van der Waals surface area contributed by atoms with Crippen molar-refractivity contribution in [3.05, 3.63) is 119 Å². The van der Waals surface area contributed by atoms with E-state index >= 15 is 0 Å². The lowest BCUT2D eigenvalue weighted by Gasteiger charge is -2.35. The van der Waals surface area contributed by atoms with Crippen LogP contribution in [0.4, 0.5) is 0 Å². The van der Waals surface area contributed by atoms with E-state index in [2.05, 4.69) is 126 Å². The summed E-state index contributed by atoms with van der Waals surface area (Å²) in [6, 6.07) is 32.5. The van der Waals surface area contributed by atoms with Gasteiger partial charge in [-0.1, -0.05) is 112 Å². The van der Waals surface area contributed by atoms with Crippen LogP contribution in [0.1, 0.15) is 27.8 Å². The van der Waals surface area contributed by atoms with Crippen LogP contribution in [0.25, 0.3) is 0 Å². The quantitative estimate of drug-likeness (QED) is 0.324. The van der Waals surface area contributed by atoms with Crippen LogP contribution in [0, 0.1) is 34.6 Å². The third-order valence-corrected chi connectivity index (χ3v) is 8.54. The highest BCUT2D eigenvalue weighted by atomic mass is 16.5. The average Bonchev–Trinajstić information content (AvgIpc) is 2.91. The lowest BCUT2D eigenvalue weighted by Crippen LogP contribution is -2.61. The van der Waals surface area contributed by atoms with Crippen molar-refractivity contribution in [1.82, 2.24) is 0 Å². The molecule has 0 spiro atoms. The molecule has 0 bridgehead atoms. The molecule has 2 aliphatic heterocycles. The van der Waals surface area contributed by atoms with Crippen LogP contribution in [0.15, 0.2) is 91.0 Å². The molecule has 5 aromatic carbocycles. The third-order valence-electron chi connectivity index (χ3n) is 8.54. The first-order chi connectivity index (χ1) is 18.9. The second kappa shape index (κ2) is 8.95. The molecule has 188 valence electrons. The number of aryl methyl sites for hydroxylation is 5. The number of hydrogen-bond acceptors (Lipinski definition) is 2. The third kappa shape index (κ3) is 3.66. The van der Waals surface area contributed by atoms with E-state index in [4.69, 9.17) is 9.47 Å². The van der Waals surface area contributed by atoms with Crippen molar-refractivity contribution in [2.24, 2.45) is 0 Å². The van der Waals surface area contributed by atoms with Crippen LogP contribution in [0.5, 0.6) is 23.0 Å². The van der Waals surface area contributed by atoms with E-state index in [0.29, 0.717) is 0 Å². The Hall–Kier alpha value is -4.17. The lowest BCUT2D eigenvalue weighted by atomic mass is 9.31. The molecule has 0 aromatic heterocycles. The number of ether oxygens (including phenoxy) is 2. The fourth-order valence-electron chi connectivity index (χ4n) is 7.02. The van der Waals surface area contributed by atoms with Gasteiger partial charge in [0.2, 0.25) is 0 Å². The number of fused-ring (bicyclic) bond motifs is 5. The monoisotopic (exact) mass is 504 g/mol. The second-order valence-corrected chi connectivity index (χ2v) is 11.2. The first-order valence-electron chi connectivity index (χ1n) is 13.8. The van der Waals surface area contributed by atoms with Gasteiger partial charge < -0.3 is 9.47 Å². The van der Waals surface area contributed by atoms with Crippen molar-refractivity contribution in [2.75, 3.05) is 0 Å². The van der Waals surface area contributed by atoms with E-state index in [-0.39, 0.29) is 13.4 Å². The Morgan fingerprint density at radius 1 is 0.436 bits per heavy atom. The van der Waals surface area contributed by atoms with E-state index < -0.39 is 0 Å². The largest absolute Gasteiger partial charge is 0.459 e. The number of rotatable bonds is 2. The Kier molecular flexibility index (Phi) is 5.49. The van der Waals surface area contributed by atoms with Gasteiger partial charge in [0.15, 0.2) is 0 Å². The molecule has 0 aliphatic carbocycles. The molecule has 0 N–H and O–H groups in total. The summed E-state index contributed by atoms with van der Waals surface area (Å²) in [6.45, 7) is 11.2. The highest BCUT2D eigenvalue weighted by molar-refractivity contribution is 7.01. The highest BCUT2D eigenvalue weighted by Gasteiger charge is 2.42. The maximum atomic E-state index is 6.90. The predicted octanol–water partition coefficient (Wildman–Crippen LogP) is 4.47. The maximum absolute atomic E-state index is 6.90. The van der Waals surface area contributed by atoms with Crippen LogP contribution in [0.3, 0.4) is 0 Å². The normalized spacial score (nSPS) is 13.1. The molecule has 0 fully saturated rings. The van der Waals surface area contributed by atoms with Gasteiger partial charge >= 0.3 is 0 Å². The zero-order chi connectivity index (χ0) is 26.8. The summed E-state index contributed by atoms with van der Waals surface area (Å²) in [4.78, 5) is 0. The minimum Gasteiger partial charge on any atom is -0.459 e. The second-order valence-electron chi connectivity index (χ2n) is 11.2. The van der Waals surface area contributed by atoms with Crippen molar-refractivity contribution in [1.29, 1.82) is 0 Å². The minimum atomic E-state index is 0.00406. The molecular weight excluding hydrogens is 474 g/mol. The maximum Gasteiger partial charge on any atom is 0.256 e. The molecule has 2 aliphatic rings. The van der Waals surface area contributed by atoms with Gasteiger partial charge in [-0.15, -0.1) is 0 Å². The average molecular weight is 504 g/mol. The summed E-state index contributed by atoms with van der Waals surface area (Å²) in [7, 11) is 0. The zero-order valence-corrected chi connectivity index (χ0v) is 23.1. The molecule has 0 saturated heterocycles. The fraction of sp³-hybridized carbons (Fsp3) is 0.143. The first-order valence-corrected chi connectivity index (χ1v) is 13.8. The Morgan fingerprint density at radius 3 is 1.67 bits per heavy atom. The summed E-state index contributed by atoms with van der Waals surface area (Å²) < 4.78 is 13.5. The Balaban J connectivity index is 1.56. The van der Waals surface area contributed by atoms with Crippen LogP contribution < -0.4 is 42.3 Å². The van der Waals surface area contributed by atoms with Crippen LogP contribution in [-0.4, -0.2) is 13.4 Å². The van der Waals surface area contributed by atoms with Gasteiger partial charge in [-0.05, 0) is 69.2 Å². The summed E-state index contributed by atoms with van der Waals surface area (Å²) >= 11 is 0. The smallest absolute Gasteiger partial charge is 0.256 e. The Labute approximate surface area is 231 Å². The summed E-state index contributed by atoms with van der Waals surface area (Å²) in [5.74, 6) is 3.63. The minimum absolute atomic E-state index is 0.00406. The standard InChI is InChI=1S/C35H30B2O2/c1-21-19-24(4)33(25(5)20-21)37-27-14-7-8-15-29(27)38-31-18-17-28-35(34(31)37)39-30-16-9-6-13-26(30)36(28)32-22(2)11-10-12-23(32)3/h6-20H,1-5H3. The molecule has 0 atom stereocenters. The zero-order valence-electron chi connectivity index (χ0n) is 23.1. The van der Waals surface area contributed by atoms with E-state index in [1.54, 1.807) is 0 Å². The highest BCUT2D eigenvalue weighted by Crippen LogP contribution is 2.32. The van der Waals surface area contributed by atoms with Crippen molar-refractivity contribution < 1.29 is 9.47 Å². The fourth-order valence-corrected chi connectivity index (χ4v) is 7.02. The predicted molar refractivity (Wildman–Crippen MR) is 165 cm³/mol. The van der Waals surface area contributed by atoms with Gasteiger partial charge in [-0.25, -0.2) is 0 Å². The summed E-state index contributed by atoms with van der Waals surface area (Å²) in [5, 5.41) is 0. The molecular formula is C35H30B2O2. The molecule has 0 amide bonds. The molecule has 39 heavy (non-hydrogen) atoms. The van der Waals surface area contributed by atoms with Gasteiger partial charge in [0, 0.05) is 5.46 Å². The summed E-state index contributed by atoms with van der Waals surface area (Å²) in [6.07, 6.45) is 0. The van der Waals surface area contributed by atoms with Gasteiger partial charge in [0.25, 0.3) is 13.4 Å². The SMILES string of the molecule is Cc1cc(C)c(B2c3ccccc3Oc3ccc4c(c32)Oc2ccccc2B4c2c(C)cccc2C)c(C)c1. The summed E-state index contributed by atoms with van der Waals surface area (Å²) in [5.41, 5.74) is 13.8. The molecule has 4 heteroatoms. The van der Waals surface area contributed by atoms with Crippen LogP contribution in [0.2, 0.25) is 0 Å². The van der Waals surface area contributed by atoms with Crippen molar-refractivity contribution in [2.45, 2.75) is 34.6 Å². The van der Waals surface area contributed by atoms with Crippen molar-refractivity contribution in [3.8, 4) is 23.0 Å². The molecule has 7 rings (SSSR count). The van der Waals surface area contributed by atoms with Crippen molar-refractivity contribution in [3.63, 3.8) is 0 Å². The lowest BCUT2D eigenvalue weighted by molar-refractivity contribution is 0.469. The van der Waals surface area contributed by atoms with E-state index in [0.717, 1.165) is 28.5 Å². The molecule has 0 saturated carbocycles. The van der Waals surface area contributed by atoms with E-state index in [9.17, 15) is 0 Å². The van der Waals surface area contributed by atoms with Gasteiger partial charge in [0.05, 0.1) is 0 Å². The molecule has 0 radical (unpaired) electrons. The number of benzene rings is 5. The van der Waals surface area contributed by atoms with Crippen LogP contribution in [-0.2, 0) is 0 Å². The molecule has 5 aromatic rings. The topological polar surface area (TPSA) is 18.5 Å². The van der Waals surface area contributed by atoms with Crippen molar-refractivity contribution >= 4 is 46.2 Å². The first kappa shape index (κ1) is 23.9. The van der Waals surface area contributed by atoms with Crippen LogP contribution >= 0.6 is 0 Å². The van der Waals surface area contributed by atoms with Gasteiger partial charge in [-0.3, -0.25) is 0 Å². The molecule has 0 unspecified atom stereocenters. The Morgan fingerprint density at radius 2 is 1.00 bits per heavy atom. The van der Waals surface area contributed by atoms with Gasteiger partial charge in [0.1, 0.15) is 23.0 Å². The molecule has 2 nitrogen and oxygen atoms in total. The molecule has 2 heterocycles. The number of hydrogen-bond donors (Lipinski definition) is 0. The Bertz CT molecular complexity index is 1750. The number of para-hydroxylation sites is 2. The van der Waals surface area contributed by atoms with E-state index in [1.165, 1.54) is 55.1 Å². The van der Waals surface area contributed by atoms with Gasteiger partial charge in [-0.2, -0.15) is 0 Å². The van der Waals surface area contributed by atoms with E-state index in [1.807, 2.05) is 0 Å².